The second-order valence-corrected chi connectivity index (χ2v) is 4.66. The van der Waals surface area contributed by atoms with Crippen LogP contribution in [0.15, 0.2) is 54.6 Å². The van der Waals surface area contributed by atoms with E-state index in [1.165, 1.54) is 6.08 Å². The summed E-state index contributed by atoms with van der Waals surface area (Å²) in [6.07, 6.45) is 1.38. The minimum Gasteiger partial charge on any atom is -0.392 e. The van der Waals surface area contributed by atoms with Crippen molar-refractivity contribution in [2.24, 2.45) is 0 Å². The molecule has 0 heterocycles. The molecule has 1 aliphatic rings. The van der Waals surface area contributed by atoms with Gasteiger partial charge in [0.05, 0.1) is 6.61 Å². The lowest BCUT2D eigenvalue weighted by Crippen LogP contribution is -2.16. The second kappa shape index (κ2) is 4.87. The molecule has 0 amide bonds. The summed E-state index contributed by atoms with van der Waals surface area (Å²) in [7, 11) is 0. The molecule has 0 saturated carbocycles. The fraction of sp³-hybridized carbons (Fsp3) is 0.0588. The lowest BCUT2D eigenvalue weighted by Gasteiger charge is -2.15. The molecule has 0 atom stereocenters. The van der Waals surface area contributed by atoms with Gasteiger partial charge in [0.25, 0.3) is 0 Å². The molecule has 2 aromatic rings. The minimum absolute atomic E-state index is 0.0974. The molecule has 0 unspecified atom stereocenters. The van der Waals surface area contributed by atoms with Crippen molar-refractivity contribution in [2.45, 2.75) is 6.61 Å². The van der Waals surface area contributed by atoms with Gasteiger partial charge in [-0.25, -0.2) is 0 Å². The maximum Gasteiger partial charge on any atom is 0.194 e. The number of Topliss-reactive ketones (excluding diaryl/α,β-unsaturated/α-hetero) is 1. The van der Waals surface area contributed by atoms with Crippen LogP contribution >= 0.6 is 0 Å². The van der Waals surface area contributed by atoms with Crippen LogP contribution in [0.5, 0.6) is 0 Å². The first-order chi connectivity index (χ1) is 9.70. The second-order valence-electron chi connectivity index (χ2n) is 4.66. The van der Waals surface area contributed by atoms with Crippen LogP contribution in [0.25, 0.3) is 5.57 Å². The lowest BCUT2D eigenvalue weighted by molar-refractivity contribution is 0.100. The van der Waals surface area contributed by atoms with Crippen LogP contribution in [-0.2, 0) is 6.61 Å². The molecule has 0 aromatic heterocycles. The molecule has 3 nitrogen and oxygen atoms in total. The van der Waals surface area contributed by atoms with Crippen LogP contribution in [0.4, 0.5) is 0 Å². The summed E-state index contributed by atoms with van der Waals surface area (Å²) in [4.78, 5) is 24.6. The number of carbonyl (C=O) groups excluding carboxylic acids is 2. The van der Waals surface area contributed by atoms with Gasteiger partial charge < -0.3 is 5.11 Å². The van der Waals surface area contributed by atoms with Gasteiger partial charge in [-0.15, -0.1) is 0 Å². The number of fused-ring (bicyclic) bond motifs is 1. The summed E-state index contributed by atoms with van der Waals surface area (Å²) in [6, 6.07) is 13.8. The molecule has 98 valence electrons. The van der Waals surface area contributed by atoms with Crippen LogP contribution in [0.2, 0.25) is 0 Å². The Morgan fingerprint density at radius 2 is 1.65 bits per heavy atom. The van der Waals surface area contributed by atoms with E-state index in [0.717, 1.165) is 0 Å². The predicted molar refractivity (Wildman–Crippen MR) is 75.4 cm³/mol. The van der Waals surface area contributed by atoms with Crippen LogP contribution in [0.1, 0.15) is 31.8 Å². The van der Waals surface area contributed by atoms with E-state index in [-0.39, 0.29) is 18.2 Å². The van der Waals surface area contributed by atoms with E-state index in [2.05, 4.69) is 0 Å². The maximum absolute atomic E-state index is 12.5. The lowest BCUT2D eigenvalue weighted by atomic mass is 9.86. The highest BCUT2D eigenvalue weighted by molar-refractivity contribution is 6.38. The number of aliphatic hydroxyl groups excluding tert-OH is 1. The highest BCUT2D eigenvalue weighted by atomic mass is 16.3. The highest BCUT2D eigenvalue weighted by Gasteiger charge is 2.25. The quantitative estimate of drug-likeness (QED) is 0.907. The molecular weight excluding hydrogens is 252 g/mol. The van der Waals surface area contributed by atoms with Crippen LogP contribution in [0.3, 0.4) is 0 Å². The Bertz CT molecular complexity index is 741. The van der Waals surface area contributed by atoms with Crippen molar-refractivity contribution in [1.82, 2.24) is 0 Å². The van der Waals surface area contributed by atoms with Gasteiger partial charge in [0.15, 0.2) is 11.6 Å². The summed E-state index contributed by atoms with van der Waals surface area (Å²) in [5, 5.41) is 9.16. The van der Waals surface area contributed by atoms with Gasteiger partial charge in [-0.2, -0.15) is 0 Å². The number of carbonyl (C=O) groups is 2. The molecular formula is C17H12O3. The van der Waals surface area contributed by atoms with Crippen molar-refractivity contribution in [1.29, 1.82) is 0 Å². The summed E-state index contributed by atoms with van der Waals surface area (Å²) in [6.45, 7) is -0.0974. The van der Waals surface area contributed by atoms with Crippen LogP contribution < -0.4 is 0 Å². The molecule has 0 radical (unpaired) electrons. The fourth-order valence-electron chi connectivity index (χ4n) is 2.37. The number of rotatable bonds is 2. The molecule has 0 saturated heterocycles. The van der Waals surface area contributed by atoms with Gasteiger partial charge in [-0.1, -0.05) is 42.5 Å². The Hall–Kier alpha value is -2.52. The van der Waals surface area contributed by atoms with Crippen molar-refractivity contribution >= 4 is 17.1 Å². The van der Waals surface area contributed by atoms with Gasteiger partial charge >= 0.3 is 0 Å². The number of aliphatic hydroxyl groups is 1. The number of hydrogen-bond acceptors (Lipinski definition) is 3. The first-order valence-electron chi connectivity index (χ1n) is 6.30. The Morgan fingerprint density at radius 3 is 2.40 bits per heavy atom. The van der Waals surface area contributed by atoms with E-state index in [1.807, 2.05) is 0 Å². The topological polar surface area (TPSA) is 54.4 Å². The normalized spacial score (nSPS) is 13.9. The van der Waals surface area contributed by atoms with Crippen LogP contribution in [-0.4, -0.2) is 16.7 Å². The van der Waals surface area contributed by atoms with Crippen molar-refractivity contribution in [3.8, 4) is 0 Å². The Balaban J connectivity index is 2.12. The molecule has 2 aromatic carbocycles. The Labute approximate surface area is 116 Å². The molecule has 20 heavy (non-hydrogen) atoms. The SMILES string of the molecule is O=C1C=C(c2cccc(CO)c2)C(=O)c2ccccc21. The van der Waals surface area contributed by atoms with E-state index < -0.39 is 0 Å². The number of hydrogen-bond donors (Lipinski definition) is 1. The summed E-state index contributed by atoms with van der Waals surface area (Å²) in [5.41, 5.74) is 2.62. The van der Waals surface area contributed by atoms with Gasteiger partial charge in [0.2, 0.25) is 0 Å². The first kappa shape index (κ1) is 12.5. The van der Waals surface area contributed by atoms with Crippen molar-refractivity contribution in [3.05, 3.63) is 76.9 Å². The average molecular weight is 264 g/mol. The molecule has 1 aliphatic carbocycles. The van der Waals surface area contributed by atoms with Crippen molar-refractivity contribution < 1.29 is 14.7 Å². The third-order valence-electron chi connectivity index (χ3n) is 3.38. The highest BCUT2D eigenvalue weighted by Crippen LogP contribution is 2.28. The molecule has 0 fully saturated rings. The van der Waals surface area contributed by atoms with Crippen LogP contribution in [0, 0.1) is 0 Å². The Morgan fingerprint density at radius 1 is 0.900 bits per heavy atom. The van der Waals surface area contributed by atoms with E-state index in [1.54, 1.807) is 48.5 Å². The number of allylic oxidation sites excluding steroid dienone is 2. The molecule has 0 spiro atoms. The van der Waals surface area contributed by atoms with Crippen molar-refractivity contribution in [2.75, 3.05) is 0 Å². The molecule has 3 rings (SSSR count). The summed E-state index contributed by atoms with van der Waals surface area (Å²) < 4.78 is 0. The molecule has 1 N–H and O–H groups in total. The maximum atomic E-state index is 12.5. The summed E-state index contributed by atoms with van der Waals surface area (Å²) >= 11 is 0. The largest absolute Gasteiger partial charge is 0.392 e. The van der Waals surface area contributed by atoms with Gasteiger partial charge in [-0.05, 0) is 23.3 Å². The van der Waals surface area contributed by atoms with E-state index in [4.69, 9.17) is 5.11 Å². The minimum atomic E-state index is -0.162. The van der Waals surface area contributed by atoms with Crippen molar-refractivity contribution in [3.63, 3.8) is 0 Å². The smallest absolute Gasteiger partial charge is 0.194 e. The molecule has 0 bridgehead atoms. The monoisotopic (exact) mass is 264 g/mol. The van der Waals surface area contributed by atoms with Gasteiger partial charge in [0.1, 0.15) is 0 Å². The fourth-order valence-corrected chi connectivity index (χ4v) is 2.37. The zero-order valence-corrected chi connectivity index (χ0v) is 10.7. The van der Waals surface area contributed by atoms with Gasteiger partial charge in [0, 0.05) is 16.7 Å². The first-order valence-corrected chi connectivity index (χ1v) is 6.30. The third-order valence-corrected chi connectivity index (χ3v) is 3.38. The van der Waals surface area contributed by atoms with E-state index in [9.17, 15) is 9.59 Å². The van der Waals surface area contributed by atoms with Gasteiger partial charge in [-0.3, -0.25) is 9.59 Å². The zero-order chi connectivity index (χ0) is 14.1. The average Bonchev–Trinajstić information content (AvgIpc) is 2.51. The Kier molecular flexibility index (Phi) is 3.05. The van der Waals surface area contributed by atoms with E-state index in [0.29, 0.717) is 27.8 Å². The summed E-state index contributed by atoms with van der Waals surface area (Å²) in [5.74, 6) is -0.320. The molecule has 3 heteroatoms. The van der Waals surface area contributed by atoms with E-state index >= 15 is 0 Å². The molecule has 0 aliphatic heterocycles. The zero-order valence-electron chi connectivity index (χ0n) is 10.7. The number of benzene rings is 2. The third kappa shape index (κ3) is 1.98. The standard InChI is InChI=1S/C17H12O3/c18-10-11-4-3-5-12(8-11)15-9-16(19)13-6-1-2-7-14(13)17(15)20/h1-9,18H,10H2. The number of ketones is 2. The predicted octanol–water partition coefficient (Wildman–Crippen LogP) is 2.64.